The van der Waals surface area contributed by atoms with Crippen LogP contribution in [0.15, 0.2) is 24.3 Å². The molecular formula is C14H19NO3. The van der Waals surface area contributed by atoms with Crippen LogP contribution < -0.4 is 4.90 Å². The van der Waals surface area contributed by atoms with E-state index in [1.54, 1.807) is 6.92 Å². The normalized spacial score (nSPS) is 15.3. The van der Waals surface area contributed by atoms with Crippen LogP contribution in [0.3, 0.4) is 0 Å². The van der Waals surface area contributed by atoms with E-state index in [4.69, 9.17) is 4.74 Å². The van der Waals surface area contributed by atoms with Crippen molar-refractivity contribution in [2.24, 2.45) is 0 Å². The quantitative estimate of drug-likeness (QED) is 0.801. The van der Waals surface area contributed by atoms with Crippen molar-refractivity contribution in [1.82, 2.24) is 0 Å². The van der Waals surface area contributed by atoms with E-state index in [1.165, 1.54) is 11.3 Å². The molecule has 1 atom stereocenters. The summed E-state index contributed by atoms with van der Waals surface area (Å²) in [6, 6.07) is 8.18. The van der Waals surface area contributed by atoms with Gasteiger partial charge in [0, 0.05) is 18.8 Å². The minimum Gasteiger partial charge on any atom is -0.466 e. The first kappa shape index (κ1) is 12.9. The summed E-state index contributed by atoms with van der Waals surface area (Å²) >= 11 is 0. The standard InChI is InChI=1S/C14H19NO3/c1-2-18-14(17)9-12(16)10-15-8-7-11-5-3-4-6-13(11)15/h3-6,12,16H,2,7-10H2,1H3. The van der Waals surface area contributed by atoms with E-state index in [0.29, 0.717) is 13.2 Å². The predicted octanol–water partition coefficient (Wildman–Crippen LogP) is 1.36. The van der Waals surface area contributed by atoms with E-state index in [9.17, 15) is 9.90 Å². The van der Waals surface area contributed by atoms with Gasteiger partial charge in [-0.3, -0.25) is 4.79 Å². The molecule has 0 saturated carbocycles. The van der Waals surface area contributed by atoms with E-state index in [1.807, 2.05) is 12.1 Å². The summed E-state index contributed by atoms with van der Waals surface area (Å²) in [6.45, 7) is 3.51. The summed E-state index contributed by atoms with van der Waals surface area (Å²) in [7, 11) is 0. The highest BCUT2D eigenvalue weighted by Crippen LogP contribution is 2.27. The largest absolute Gasteiger partial charge is 0.466 e. The molecule has 98 valence electrons. The van der Waals surface area contributed by atoms with Crippen molar-refractivity contribution in [3.8, 4) is 0 Å². The van der Waals surface area contributed by atoms with E-state index < -0.39 is 6.10 Å². The number of hydrogen-bond acceptors (Lipinski definition) is 4. The molecule has 0 fully saturated rings. The molecule has 1 aromatic rings. The molecule has 1 aliphatic heterocycles. The Hall–Kier alpha value is -1.55. The number of benzene rings is 1. The molecular weight excluding hydrogens is 230 g/mol. The molecule has 1 heterocycles. The molecule has 1 aliphatic rings. The van der Waals surface area contributed by atoms with Crippen molar-refractivity contribution in [1.29, 1.82) is 0 Å². The maximum atomic E-state index is 11.3. The molecule has 0 aliphatic carbocycles. The number of aliphatic hydroxyl groups is 1. The number of esters is 1. The van der Waals surface area contributed by atoms with Crippen molar-refractivity contribution in [2.45, 2.75) is 25.9 Å². The maximum absolute atomic E-state index is 11.3. The monoisotopic (exact) mass is 249 g/mol. The average Bonchev–Trinajstić information content (AvgIpc) is 2.73. The topological polar surface area (TPSA) is 49.8 Å². The Morgan fingerprint density at radius 3 is 3.06 bits per heavy atom. The van der Waals surface area contributed by atoms with Gasteiger partial charge in [-0.05, 0) is 25.0 Å². The Morgan fingerprint density at radius 2 is 2.28 bits per heavy atom. The molecule has 1 unspecified atom stereocenters. The number of carbonyl (C=O) groups excluding carboxylic acids is 1. The van der Waals surface area contributed by atoms with Gasteiger partial charge in [-0.15, -0.1) is 0 Å². The highest BCUT2D eigenvalue weighted by molar-refractivity contribution is 5.70. The van der Waals surface area contributed by atoms with Gasteiger partial charge < -0.3 is 14.7 Å². The van der Waals surface area contributed by atoms with E-state index >= 15 is 0 Å². The highest BCUT2D eigenvalue weighted by atomic mass is 16.5. The second kappa shape index (κ2) is 5.87. The lowest BCUT2D eigenvalue weighted by molar-refractivity contribution is -0.145. The number of fused-ring (bicyclic) bond motifs is 1. The van der Waals surface area contributed by atoms with Crippen LogP contribution in [0.2, 0.25) is 0 Å². The van der Waals surface area contributed by atoms with E-state index in [2.05, 4.69) is 17.0 Å². The zero-order valence-electron chi connectivity index (χ0n) is 10.6. The van der Waals surface area contributed by atoms with Gasteiger partial charge in [-0.25, -0.2) is 0 Å². The minimum absolute atomic E-state index is 0.0620. The van der Waals surface area contributed by atoms with Crippen LogP contribution in [0.5, 0.6) is 0 Å². The number of carbonyl (C=O) groups is 1. The van der Waals surface area contributed by atoms with Crippen molar-refractivity contribution in [3.63, 3.8) is 0 Å². The van der Waals surface area contributed by atoms with E-state index in [0.717, 1.165) is 13.0 Å². The third-order valence-corrected chi connectivity index (χ3v) is 3.12. The highest BCUT2D eigenvalue weighted by Gasteiger charge is 2.22. The molecule has 1 N–H and O–H groups in total. The summed E-state index contributed by atoms with van der Waals surface area (Å²) in [5, 5.41) is 9.89. The lowest BCUT2D eigenvalue weighted by Crippen LogP contribution is -2.32. The van der Waals surface area contributed by atoms with Gasteiger partial charge in [0.25, 0.3) is 0 Å². The van der Waals surface area contributed by atoms with Gasteiger partial charge in [0.2, 0.25) is 0 Å². The SMILES string of the molecule is CCOC(=O)CC(O)CN1CCc2ccccc21. The molecule has 0 spiro atoms. The molecule has 1 aromatic carbocycles. The fourth-order valence-electron chi connectivity index (χ4n) is 2.33. The number of β-amino-alcohol motifs (C(OH)–C–C–N with tert-alkyl or cyclic N) is 1. The first-order valence-corrected chi connectivity index (χ1v) is 6.37. The Labute approximate surface area is 107 Å². The Morgan fingerprint density at radius 1 is 1.50 bits per heavy atom. The molecule has 0 radical (unpaired) electrons. The van der Waals surface area contributed by atoms with Gasteiger partial charge in [0.05, 0.1) is 19.1 Å². The minimum atomic E-state index is -0.671. The van der Waals surface area contributed by atoms with Crippen molar-refractivity contribution in [3.05, 3.63) is 29.8 Å². The molecule has 0 bridgehead atoms. The molecule has 4 heteroatoms. The first-order chi connectivity index (χ1) is 8.70. The Bertz CT molecular complexity index is 419. The van der Waals surface area contributed by atoms with Crippen molar-refractivity contribution in [2.75, 3.05) is 24.6 Å². The first-order valence-electron chi connectivity index (χ1n) is 6.37. The smallest absolute Gasteiger partial charge is 0.308 e. The lowest BCUT2D eigenvalue weighted by Gasteiger charge is -2.22. The number of hydrogen-bond donors (Lipinski definition) is 1. The molecule has 0 aromatic heterocycles. The van der Waals surface area contributed by atoms with Crippen LogP contribution in [0.25, 0.3) is 0 Å². The zero-order chi connectivity index (χ0) is 13.0. The van der Waals surface area contributed by atoms with Crippen LogP contribution >= 0.6 is 0 Å². The summed E-state index contributed by atoms with van der Waals surface area (Å²) < 4.78 is 4.83. The Balaban J connectivity index is 1.89. The number of ether oxygens (including phenoxy) is 1. The summed E-state index contributed by atoms with van der Waals surface area (Å²) in [6.07, 6.45) is 0.393. The molecule has 0 saturated heterocycles. The van der Waals surface area contributed by atoms with Crippen LogP contribution in [0, 0.1) is 0 Å². The fraction of sp³-hybridized carbons (Fsp3) is 0.500. The number of anilines is 1. The third kappa shape index (κ3) is 3.01. The van der Waals surface area contributed by atoms with Gasteiger partial charge >= 0.3 is 5.97 Å². The van der Waals surface area contributed by atoms with Gasteiger partial charge in [0.15, 0.2) is 0 Å². The fourth-order valence-corrected chi connectivity index (χ4v) is 2.33. The second-order valence-electron chi connectivity index (χ2n) is 4.49. The maximum Gasteiger partial charge on any atom is 0.308 e. The number of aliphatic hydroxyl groups excluding tert-OH is 1. The van der Waals surface area contributed by atoms with Crippen LogP contribution in [0.1, 0.15) is 18.9 Å². The molecule has 18 heavy (non-hydrogen) atoms. The van der Waals surface area contributed by atoms with E-state index in [-0.39, 0.29) is 12.4 Å². The predicted molar refractivity (Wildman–Crippen MR) is 69.6 cm³/mol. The van der Waals surface area contributed by atoms with Crippen LogP contribution in [0.4, 0.5) is 5.69 Å². The van der Waals surface area contributed by atoms with Crippen molar-refractivity contribution >= 4 is 11.7 Å². The summed E-state index contributed by atoms with van der Waals surface area (Å²) in [5.74, 6) is -0.336. The van der Waals surface area contributed by atoms with Gasteiger partial charge in [0.1, 0.15) is 0 Å². The number of nitrogens with zero attached hydrogens (tertiary/aromatic N) is 1. The van der Waals surface area contributed by atoms with Gasteiger partial charge in [-0.2, -0.15) is 0 Å². The van der Waals surface area contributed by atoms with Crippen LogP contribution in [-0.4, -0.2) is 36.9 Å². The third-order valence-electron chi connectivity index (χ3n) is 3.12. The molecule has 0 amide bonds. The zero-order valence-corrected chi connectivity index (χ0v) is 10.6. The number of para-hydroxylation sites is 1. The molecule has 4 nitrogen and oxygen atoms in total. The van der Waals surface area contributed by atoms with Crippen molar-refractivity contribution < 1.29 is 14.6 Å². The molecule has 2 rings (SSSR count). The van der Waals surface area contributed by atoms with Gasteiger partial charge in [-0.1, -0.05) is 18.2 Å². The summed E-state index contributed by atoms with van der Waals surface area (Å²) in [5.41, 5.74) is 2.47. The number of rotatable bonds is 5. The summed E-state index contributed by atoms with van der Waals surface area (Å²) in [4.78, 5) is 13.4. The second-order valence-corrected chi connectivity index (χ2v) is 4.49. The average molecular weight is 249 g/mol. The lowest BCUT2D eigenvalue weighted by atomic mass is 10.2. The van der Waals surface area contributed by atoms with Crippen LogP contribution in [-0.2, 0) is 16.0 Å². The Kier molecular flexibility index (Phi) is 4.20.